The van der Waals surface area contributed by atoms with E-state index in [4.69, 9.17) is 9.47 Å². The van der Waals surface area contributed by atoms with E-state index in [1.54, 1.807) is 13.2 Å². The highest BCUT2D eigenvalue weighted by Gasteiger charge is 2.05. The van der Waals surface area contributed by atoms with Crippen molar-refractivity contribution in [3.8, 4) is 11.5 Å². The number of aromatic nitrogens is 2. The number of nitrogens with one attached hydrogen (secondary N) is 1. The molecule has 0 aliphatic carbocycles. The zero-order valence-corrected chi connectivity index (χ0v) is 16.4. The molecule has 0 saturated heterocycles. The van der Waals surface area contributed by atoms with Gasteiger partial charge in [-0.1, -0.05) is 19.4 Å². The Kier molecular flexibility index (Phi) is 8.42. The molecule has 0 saturated carbocycles. The first-order chi connectivity index (χ1) is 13.1. The highest BCUT2D eigenvalue weighted by atomic mass is 16.5. The normalized spacial score (nSPS) is 10.9. The molecule has 1 aromatic carbocycles. The summed E-state index contributed by atoms with van der Waals surface area (Å²) in [6.07, 6.45) is 10.0. The van der Waals surface area contributed by atoms with Crippen molar-refractivity contribution >= 4 is 12.0 Å². The molecule has 146 valence electrons. The van der Waals surface area contributed by atoms with Gasteiger partial charge in [-0.25, -0.2) is 0 Å². The van der Waals surface area contributed by atoms with Crippen LogP contribution in [0, 0.1) is 6.92 Å². The van der Waals surface area contributed by atoms with Crippen LogP contribution in [-0.2, 0) is 11.3 Å². The molecule has 6 heteroatoms. The fourth-order valence-electron chi connectivity index (χ4n) is 2.51. The van der Waals surface area contributed by atoms with E-state index < -0.39 is 0 Å². The maximum atomic E-state index is 12.0. The van der Waals surface area contributed by atoms with Gasteiger partial charge in [0.25, 0.3) is 0 Å². The second kappa shape index (κ2) is 11.1. The van der Waals surface area contributed by atoms with E-state index in [0.717, 1.165) is 42.7 Å². The van der Waals surface area contributed by atoms with Crippen LogP contribution in [-0.4, -0.2) is 35.9 Å². The Morgan fingerprint density at radius 1 is 1.30 bits per heavy atom. The first-order valence-electron chi connectivity index (χ1n) is 9.38. The zero-order chi connectivity index (χ0) is 19.5. The topological polar surface area (TPSA) is 65.4 Å². The molecular formula is C21H29N3O3. The Morgan fingerprint density at radius 2 is 2.15 bits per heavy atom. The van der Waals surface area contributed by atoms with Gasteiger partial charge in [-0.2, -0.15) is 5.10 Å². The monoisotopic (exact) mass is 371 g/mol. The average molecular weight is 371 g/mol. The zero-order valence-electron chi connectivity index (χ0n) is 16.4. The fraction of sp³-hybridized carbons (Fsp3) is 0.429. The van der Waals surface area contributed by atoms with Gasteiger partial charge >= 0.3 is 0 Å². The number of hydrogen-bond donors (Lipinski definition) is 1. The van der Waals surface area contributed by atoms with Gasteiger partial charge in [0.05, 0.1) is 19.9 Å². The molecule has 2 aromatic rings. The first-order valence-corrected chi connectivity index (χ1v) is 9.38. The quantitative estimate of drug-likeness (QED) is 0.484. The molecule has 0 bridgehead atoms. The first kappa shape index (κ1) is 20.6. The number of carbonyl (C=O) groups excluding carboxylic acids is 1. The van der Waals surface area contributed by atoms with E-state index >= 15 is 0 Å². The number of methoxy groups -OCH3 is 1. The number of carbonyl (C=O) groups is 1. The van der Waals surface area contributed by atoms with Gasteiger partial charge in [-0.3, -0.25) is 9.48 Å². The van der Waals surface area contributed by atoms with Crippen LogP contribution >= 0.6 is 0 Å². The van der Waals surface area contributed by atoms with Gasteiger partial charge < -0.3 is 14.8 Å². The number of nitrogens with zero attached hydrogens (tertiary/aromatic N) is 2. The molecule has 1 amide bonds. The summed E-state index contributed by atoms with van der Waals surface area (Å²) in [4.78, 5) is 12.0. The van der Waals surface area contributed by atoms with Crippen LogP contribution in [0.3, 0.4) is 0 Å². The summed E-state index contributed by atoms with van der Waals surface area (Å²) in [7, 11) is 1.61. The Balaban J connectivity index is 1.78. The fourth-order valence-corrected chi connectivity index (χ4v) is 2.51. The minimum atomic E-state index is -0.117. The predicted molar refractivity (Wildman–Crippen MR) is 107 cm³/mol. The molecule has 1 heterocycles. The van der Waals surface area contributed by atoms with Crippen molar-refractivity contribution in [3.63, 3.8) is 0 Å². The van der Waals surface area contributed by atoms with Crippen LogP contribution in [0.25, 0.3) is 6.08 Å². The molecule has 6 nitrogen and oxygen atoms in total. The summed E-state index contributed by atoms with van der Waals surface area (Å²) in [5.41, 5.74) is 2.02. The second-order valence-corrected chi connectivity index (χ2v) is 6.37. The molecule has 0 fully saturated rings. The highest BCUT2D eigenvalue weighted by Crippen LogP contribution is 2.28. The number of ether oxygens (including phenoxy) is 2. The predicted octanol–water partition coefficient (Wildman–Crippen LogP) is 3.60. The second-order valence-electron chi connectivity index (χ2n) is 6.37. The SMILES string of the molecule is CCCCOc1ccc(/C=C/C(=O)NCCCn2cc(C)cn2)cc1OC. The van der Waals surface area contributed by atoms with Crippen molar-refractivity contribution in [1.82, 2.24) is 15.1 Å². The summed E-state index contributed by atoms with van der Waals surface area (Å²) in [5.74, 6) is 1.28. The van der Waals surface area contributed by atoms with Crippen molar-refractivity contribution in [2.24, 2.45) is 0 Å². The number of rotatable bonds is 11. The smallest absolute Gasteiger partial charge is 0.244 e. The standard InChI is InChI=1S/C21H29N3O3/c1-4-5-13-27-19-9-7-18(14-20(19)26-3)8-10-21(25)22-11-6-12-24-16-17(2)15-23-24/h7-10,14-16H,4-6,11-13H2,1-3H3,(H,22,25)/b10-8+. The number of amides is 1. The average Bonchev–Trinajstić information content (AvgIpc) is 3.09. The van der Waals surface area contributed by atoms with E-state index in [9.17, 15) is 4.79 Å². The third-order valence-electron chi connectivity index (χ3n) is 4.00. The summed E-state index contributed by atoms with van der Waals surface area (Å²) < 4.78 is 13.0. The van der Waals surface area contributed by atoms with Gasteiger partial charge in [0.1, 0.15) is 0 Å². The minimum absolute atomic E-state index is 0.117. The Hall–Kier alpha value is -2.76. The van der Waals surface area contributed by atoms with Gasteiger partial charge in [-0.05, 0) is 49.1 Å². The molecule has 1 N–H and O–H groups in total. The number of hydrogen-bond acceptors (Lipinski definition) is 4. The van der Waals surface area contributed by atoms with Crippen molar-refractivity contribution in [3.05, 3.63) is 47.8 Å². The number of aryl methyl sites for hydroxylation is 2. The molecule has 1 aromatic heterocycles. The van der Waals surface area contributed by atoms with Crippen LogP contribution in [0.15, 0.2) is 36.7 Å². The molecule has 0 radical (unpaired) electrons. The highest BCUT2D eigenvalue weighted by molar-refractivity contribution is 5.91. The Bertz CT molecular complexity index is 753. The van der Waals surface area contributed by atoms with Crippen LogP contribution in [0.4, 0.5) is 0 Å². The van der Waals surface area contributed by atoms with Crippen LogP contribution < -0.4 is 14.8 Å². The lowest BCUT2D eigenvalue weighted by Gasteiger charge is -2.11. The molecule has 0 aliphatic rings. The number of benzene rings is 1. The summed E-state index contributed by atoms with van der Waals surface area (Å²) in [6, 6.07) is 5.65. The summed E-state index contributed by atoms with van der Waals surface area (Å²) in [5, 5.41) is 7.10. The molecule has 0 aliphatic heterocycles. The molecule has 0 spiro atoms. The van der Waals surface area contributed by atoms with E-state index in [1.807, 2.05) is 42.2 Å². The van der Waals surface area contributed by atoms with Crippen molar-refractivity contribution < 1.29 is 14.3 Å². The van der Waals surface area contributed by atoms with Crippen LogP contribution in [0.5, 0.6) is 11.5 Å². The maximum Gasteiger partial charge on any atom is 0.244 e. The lowest BCUT2D eigenvalue weighted by molar-refractivity contribution is -0.116. The van der Waals surface area contributed by atoms with Gasteiger partial charge in [0, 0.05) is 25.4 Å². The van der Waals surface area contributed by atoms with Crippen molar-refractivity contribution in [2.75, 3.05) is 20.3 Å². The van der Waals surface area contributed by atoms with E-state index in [2.05, 4.69) is 17.3 Å². The number of unbranched alkanes of at least 4 members (excludes halogenated alkanes) is 1. The third-order valence-corrected chi connectivity index (χ3v) is 4.00. The van der Waals surface area contributed by atoms with Crippen molar-refractivity contribution in [1.29, 1.82) is 0 Å². The lowest BCUT2D eigenvalue weighted by atomic mass is 10.2. The van der Waals surface area contributed by atoms with Gasteiger partial charge in [0.15, 0.2) is 11.5 Å². The minimum Gasteiger partial charge on any atom is -0.493 e. The molecule has 2 rings (SSSR count). The largest absolute Gasteiger partial charge is 0.493 e. The van der Waals surface area contributed by atoms with Crippen LogP contribution in [0.2, 0.25) is 0 Å². The summed E-state index contributed by atoms with van der Waals surface area (Å²) in [6.45, 7) is 6.19. The van der Waals surface area contributed by atoms with Crippen molar-refractivity contribution in [2.45, 2.75) is 39.7 Å². The molecule has 0 atom stereocenters. The molecular weight excluding hydrogens is 342 g/mol. The van der Waals surface area contributed by atoms with E-state index in [-0.39, 0.29) is 5.91 Å². The van der Waals surface area contributed by atoms with Gasteiger partial charge in [0.2, 0.25) is 5.91 Å². The van der Waals surface area contributed by atoms with E-state index in [1.165, 1.54) is 6.08 Å². The van der Waals surface area contributed by atoms with Gasteiger partial charge in [-0.15, -0.1) is 0 Å². The van der Waals surface area contributed by atoms with E-state index in [0.29, 0.717) is 18.9 Å². The molecule has 27 heavy (non-hydrogen) atoms. The lowest BCUT2D eigenvalue weighted by Crippen LogP contribution is -2.23. The molecule has 0 unspecified atom stereocenters. The Labute approximate surface area is 161 Å². The third kappa shape index (κ3) is 7.17. The van der Waals surface area contributed by atoms with Crippen LogP contribution in [0.1, 0.15) is 37.3 Å². The summed E-state index contributed by atoms with van der Waals surface area (Å²) >= 11 is 0. The maximum absolute atomic E-state index is 12.0. The Morgan fingerprint density at radius 3 is 2.85 bits per heavy atom.